The molecule has 0 atom stereocenters. The van der Waals surface area contributed by atoms with Gasteiger partial charge in [-0.05, 0) is 39.2 Å². The first kappa shape index (κ1) is 9.89. The zero-order chi connectivity index (χ0) is 9.68. The molecule has 1 aromatic carbocycles. The third-order valence-electron chi connectivity index (χ3n) is 1.53. The van der Waals surface area contributed by atoms with Crippen molar-refractivity contribution >= 4 is 15.9 Å². The molecule has 0 saturated heterocycles. The molecule has 0 unspecified atom stereocenters. The van der Waals surface area contributed by atoms with Gasteiger partial charge in [0.2, 0.25) is 0 Å². The van der Waals surface area contributed by atoms with E-state index in [0.717, 1.165) is 15.8 Å². The van der Waals surface area contributed by atoms with E-state index in [0.29, 0.717) is 6.54 Å². The van der Waals surface area contributed by atoms with E-state index in [9.17, 15) is 0 Å². The summed E-state index contributed by atoms with van der Waals surface area (Å²) in [6, 6.07) is 5.55. The molecular weight excluding hydrogens is 234 g/mol. The molecule has 0 N–H and O–H groups in total. The number of methoxy groups -OCH3 is 1. The number of hydrogen-bond donors (Lipinski definition) is 0. The summed E-state index contributed by atoms with van der Waals surface area (Å²) in [5.41, 5.74) is 9.07. The molecule has 0 radical (unpaired) electrons. The highest BCUT2D eigenvalue weighted by atomic mass is 79.9. The van der Waals surface area contributed by atoms with Gasteiger partial charge in [0.1, 0.15) is 5.75 Å². The molecule has 13 heavy (non-hydrogen) atoms. The van der Waals surface area contributed by atoms with Crippen LogP contribution in [0.3, 0.4) is 0 Å². The summed E-state index contributed by atoms with van der Waals surface area (Å²) >= 11 is 3.34. The SMILES string of the molecule is COc1ccc(CN=[N+]=[N-])cc1Br. The van der Waals surface area contributed by atoms with E-state index in [1.54, 1.807) is 7.11 Å². The molecule has 4 nitrogen and oxygen atoms in total. The van der Waals surface area contributed by atoms with E-state index in [-0.39, 0.29) is 0 Å². The van der Waals surface area contributed by atoms with Gasteiger partial charge in [-0.15, -0.1) is 0 Å². The zero-order valence-electron chi connectivity index (χ0n) is 7.07. The standard InChI is InChI=1S/C8H8BrN3O/c1-13-8-3-2-6(4-7(8)9)5-11-12-10/h2-4H,5H2,1H3. The number of halogens is 1. The van der Waals surface area contributed by atoms with Crippen molar-refractivity contribution in [2.24, 2.45) is 5.11 Å². The molecule has 0 aliphatic rings. The topological polar surface area (TPSA) is 58.0 Å². The Morgan fingerprint density at radius 2 is 2.38 bits per heavy atom. The lowest BCUT2D eigenvalue weighted by Crippen LogP contribution is -1.86. The normalized spacial score (nSPS) is 9.08. The fourth-order valence-corrected chi connectivity index (χ4v) is 1.51. The summed E-state index contributed by atoms with van der Waals surface area (Å²) in [5.74, 6) is 0.768. The van der Waals surface area contributed by atoms with E-state index in [1.165, 1.54) is 0 Å². The third kappa shape index (κ3) is 2.65. The van der Waals surface area contributed by atoms with Gasteiger partial charge in [-0.1, -0.05) is 11.2 Å². The van der Waals surface area contributed by atoms with Crippen molar-refractivity contribution in [3.63, 3.8) is 0 Å². The van der Waals surface area contributed by atoms with Gasteiger partial charge >= 0.3 is 0 Å². The van der Waals surface area contributed by atoms with Gasteiger partial charge in [0, 0.05) is 4.91 Å². The third-order valence-corrected chi connectivity index (χ3v) is 2.15. The molecule has 1 rings (SSSR count). The van der Waals surface area contributed by atoms with Gasteiger partial charge in [0.15, 0.2) is 0 Å². The number of nitrogens with zero attached hydrogens (tertiary/aromatic N) is 3. The zero-order valence-corrected chi connectivity index (χ0v) is 8.65. The highest BCUT2D eigenvalue weighted by Crippen LogP contribution is 2.25. The lowest BCUT2D eigenvalue weighted by atomic mass is 10.2. The van der Waals surface area contributed by atoms with E-state index in [4.69, 9.17) is 10.3 Å². The van der Waals surface area contributed by atoms with Crippen LogP contribution in [0.5, 0.6) is 5.75 Å². The van der Waals surface area contributed by atoms with Crippen molar-refractivity contribution in [3.05, 3.63) is 38.7 Å². The van der Waals surface area contributed by atoms with Crippen LogP contribution in [0.15, 0.2) is 27.8 Å². The van der Waals surface area contributed by atoms with E-state index in [2.05, 4.69) is 26.0 Å². The lowest BCUT2D eigenvalue weighted by Gasteiger charge is -2.03. The minimum atomic E-state index is 0.360. The first-order chi connectivity index (χ1) is 6.27. The highest BCUT2D eigenvalue weighted by molar-refractivity contribution is 9.10. The molecule has 0 saturated carbocycles. The quantitative estimate of drug-likeness (QED) is 0.455. The van der Waals surface area contributed by atoms with Crippen molar-refractivity contribution < 1.29 is 4.74 Å². The molecule has 5 heteroatoms. The Balaban J connectivity index is 2.88. The van der Waals surface area contributed by atoms with Crippen molar-refractivity contribution in [1.82, 2.24) is 0 Å². The van der Waals surface area contributed by atoms with Gasteiger partial charge in [0.25, 0.3) is 0 Å². The molecule has 0 spiro atoms. The Morgan fingerprint density at radius 1 is 1.62 bits per heavy atom. The van der Waals surface area contributed by atoms with Gasteiger partial charge in [-0.3, -0.25) is 0 Å². The van der Waals surface area contributed by atoms with Crippen LogP contribution in [0.25, 0.3) is 10.4 Å². The second-order valence-corrected chi connectivity index (χ2v) is 3.21. The van der Waals surface area contributed by atoms with Crippen molar-refractivity contribution in [3.8, 4) is 5.75 Å². The summed E-state index contributed by atoms with van der Waals surface area (Å²) in [5, 5.41) is 3.46. The Kier molecular flexibility index (Phi) is 3.61. The molecule has 0 bridgehead atoms. The van der Waals surface area contributed by atoms with Crippen LogP contribution < -0.4 is 4.74 Å². The minimum Gasteiger partial charge on any atom is -0.496 e. The summed E-state index contributed by atoms with van der Waals surface area (Å²) in [7, 11) is 1.60. The highest BCUT2D eigenvalue weighted by Gasteiger charge is 1.99. The number of hydrogen-bond acceptors (Lipinski definition) is 2. The fourth-order valence-electron chi connectivity index (χ4n) is 0.922. The van der Waals surface area contributed by atoms with Crippen LogP contribution >= 0.6 is 15.9 Å². The molecule has 0 amide bonds. The lowest BCUT2D eigenvalue weighted by molar-refractivity contribution is 0.412. The molecule has 0 aliphatic heterocycles. The number of azide groups is 1. The van der Waals surface area contributed by atoms with Gasteiger partial charge < -0.3 is 4.74 Å². The first-order valence-corrected chi connectivity index (χ1v) is 4.40. The van der Waals surface area contributed by atoms with Crippen molar-refractivity contribution in [2.45, 2.75) is 6.54 Å². The maximum absolute atomic E-state index is 8.12. The van der Waals surface area contributed by atoms with Crippen LogP contribution in [0, 0.1) is 0 Å². The Hall–Kier alpha value is -1.19. The van der Waals surface area contributed by atoms with Crippen molar-refractivity contribution in [2.75, 3.05) is 7.11 Å². The molecule has 1 aromatic rings. The van der Waals surface area contributed by atoms with Crippen LogP contribution in [-0.2, 0) is 6.54 Å². The number of benzene rings is 1. The molecule has 0 aliphatic carbocycles. The summed E-state index contributed by atoms with van der Waals surface area (Å²) in [6.07, 6.45) is 0. The van der Waals surface area contributed by atoms with E-state index < -0.39 is 0 Å². The predicted molar refractivity (Wildman–Crippen MR) is 53.5 cm³/mol. The Labute approximate surface area is 84.3 Å². The Morgan fingerprint density at radius 3 is 2.92 bits per heavy atom. The maximum Gasteiger partial charge on any atom is 0.133 e. The van der Waals surface area contributed by atoms with Gasteiger partial charge in [-0.2, -0.15) is 0 Å². The van der Waals surface area contributed by atoms with Crippen LogP contribution in [0.2, 0.25) is 0 Å². The summed E-state index contributed by atoms with van der Waals surface area (Å²) in [6.45, 7) is 0.360. The van der Waals surface area contributed by atoms with Gasteiger partial charge in [0.05, 0.1) is 18.1 Å². The van der Waals surface area contributed by atoms with Crippen LogP contribution in [-0.4, -0.2) is 7.11 Å². The second kappa shape index (κ2) is 4.74. The van der Waals surface area contributed by atoms with E-state index in [1.807, 2.05) is 18.2 Å². The Bertz CT molecular complexity index is 347. The van der Waals surface area contributed by atoms with E-state index >= 15 is 0 Å². The molecule has 68 valence electrons. The second-order valence-electron chi connectivity index (χ2n) is 2.36. The minimum absolute atomic E-state index is 0.360. The summed E-state index contributed by atoms with van der Waals surface area (Å²) < 4.78 is 5.92. The number of rotatable bonds is 3. The van der Waals surface area contributed by atoms with Gasteiger partial charge in [-0.25, -0.2) is 0 Å². The predicted octanol–water partition coefficient (Wildman–Crippen LogP) is 3.27. The van der Waals surface area contributed by atoms with Crippen LogP contribution in [0.1, 0.15) is 5.56 Å². The largest absolute Gasteiger partial charge is 0.496 e. The first-order valence-electron chi connectivity index (χ1n) is 3.61. The smallest absolute Gasteiger partial charge is 0.133 e. The average molecular weight is 242 g/mol. The molecular formula is C8H8BrN3O. The van der Waals surface area contributed by atoms with Crippen molar-refractivity contribution in [1.29, 1.82) is 0 Å². The fraction of sp³-hybridized carbons (Fsp3) is 0.250. The number of ether oxygens (including phenoxy) is 1. The average Bonchev–Trinajstić information content (AvgIpc) is 2.15. The summed E-state index contributed by atoms with van der Waals surface area (Å²) in [4.78, 5) is 2.68. The van der Waals surface area contributed by atoms with Crippen LogP contribution in [0.4, 0.5) is 0 Å². The maximum atomic E-state index is 8.12. The molecule has 0 fully saturated rings. The monoisotopic (exact) mass is 241 g/mol. The molecule has 0 aromatic heterocycles. The molecule has 0 heterocycles.